The first-order chi connectivity index (χ1) is 7.19. The second-order valence-electron chi connectivity index (χ2n) is 3.35. The number of halogens is 1. The first kappa shape index (κ1) is 12.1. The lowest BCUT2D eigenvalue weighted by atomic mass is 10.0. The van der Waals surface area contributed by atoms with Crippen molar-refractivity contribution in [1.82, 2.24) is 0 Å². The van der Waals surface area contributed by atoms with Gasteiger partial charge in [0.05, 0.1) is 12.5 Å². The van der Waals surface area contributed by atoms with Gasteiger partial charge in [-0.15, -0.1) is 11.6 Å². The number of rotatable bonds is 4. The molecule has 15 heavy (non-hydrogen) atoms. The minimum absolute atomic E-state index is 0.184. The van der Waals surface area contributed by atoms with Gasteiger partial charge in [-0.3, -0.25) is 4.79 Å². The molecule has 0 saturated heterocycles. The molecule has 0 aliphatic carbocycles. The van der Waals surface area contributed by atoms with E-state index in [1.165, 1.54) is 0 Å². The third-order valence-electron chi connectivity index (χ3n) is 2.27. The fourth-order valence-corrected chi connectivity index (χ4v) is 1.48. The molecule has 2 nitrogen and oxygen atoms in total. The third-order valence-corrected chi connectivity index (χ3v) is 2.58. The summed E-state index contributed by atoms with van der Waals surface area (Å²) in [5.74, 6) is 0.0964. The van der Waals surface area contributed by atoms with Crippen molar-refractivity contribution < 1.29 is 9.53 Å². The van der Waals surface area contributed by atoms with Gasteiger partial charge in [0.1, 0.15) is 0 Å². The maximum atomic E-state index is 11.4. The molecule has 0 saturated carbocycles. The summed E-state index contributed by atoms with van der Waals surface area (Å²) >= 11 is 5.68. The van der Waals surface area contributed by atoms with Crippen LogP contribution in [0.25, 0.3) is 0 Å². The molecular formula is C12H15ClO2. The smallest absolute Gasteiger partial charge is 0.313 e. The summed E-state index contributed by atoms with van der Waals surface area (Å²) in [5, 5.41) is 0. The summed E-state index contributed by atoms with van der Waals surface area (Å²) in [6.45, 7) is 4.07. The van der Waals surface area contributed by atoms with Crippen LogP contribution in [-0.2, 0) is 15.4 Å². The minimum atomic E-state index is -0.214. The zero-order valence-corrected chi connectivity index (χ0v) is 9.75. The Bertz CT molecular complexity index is 319. The van der Waals surface area contributed by atoms with Crippen molar-refractivity contribution >= 4 is 17.6 Å². The van der Waals surface area contributed by atoms with E-state index in [2.05, 4.69) is 0 Å². The standard InChI is InChI=1S/C12H15ClO2/c1-3-15-12(14)9(2)11-6-4-10(8-13)5-7-11/h4-7,9H,3,8H2,1-2H3. The second-order valence-corrected chi connectivity index (χ2v) is 3.62. The Labute approximate surface area is 95.2 Å². The molecule has 0 N–H and O–H groups in total. The highest BCUT2D eigenvalue weighted by molar-refractivity contribution is 6.17. The molecule has 1 unspecified atom stereocenters. The largest absolute Gasteiger partial charge is 0.466 e. The van der Waals surface area contributed by atoms with Crippen LogP contribution >= 0.6 is 11.6 Å². The highest BCUT2D eigenvalue weighted by Gasteiger charge is 2.15. The molecule has 0 spiro atoms. The fraction of sp³-hybridized carbons (Fsp3) is 0.417. The predicted molar refractivity (Wildman–Crippen MR) is 61.0 cm³/mol. The van der Waals surface area contributed by atoms with Crippen molar-refractivity contribution in [3.8, 4) is 0 Å². The molecule has 1 rings (SSSR count). The zero-order chi connectivity index (χ0) is 11.3. The Morgan fingerprint density at radius 2 is 2.00 bits per heavy atom. The number of hydrogen-bond donors (Lipinski definition) is 0. The van der Waals surface area contributed by atoms with Crippen molar-refractivity contribution in [2.75, 3.05) is 6.61 Å². The van der Waals surface area contributed by atoms with Crippen molar-refractivity contribution in [2.45, 2.75) is 25.6 Å². The minimum Gasteiger partial charge on any atom is -0.466 e. The highest BCUT2D eigenvalue weighted by atomic mass is 35.5. The van der Waals surface area contributed by atoms with Gasteiger partial charge in [0.2, 0.25) is 0 Å². The molecule has 0 bridgehead atoms. The monoisotopic (exact) mass is 226 g/mol. The van der Waals surface area contributed by atoms with Gasteiger partial charge < -0.3 is 4.74 Å². The summed E-state index contributed by atoms with van der Waals surface area (Å²) in [7, 11) is 0. The van der Waals surface area contributed by atoms with Crippen molar-refractivity contribution in [1.29, 1.82) is 0 Å². The molecule has 0 aliphatic rings. The van der Waals surface area contributed by atoms with E-state index in [1.807, 2.05) is 31.2 Å². The maximum absolute atomic E-state index is 11.4. The summed E-state index contributed by atoms with van der Waals surface area (Å²) < 4.78 is 4.95. The van der Waals surface area contributed by atoms with Gasteiger partial charge in [-0.1, -0.05) is 24.3 Å². The van der Waals surface area contributed by atoms with Crippen LogP contribution in [0.4, 0.5) is 0 Å². The first-order valence-electron chi connectivity index (χ1n) is 5.00. The van der Waals surface area contributed by atoms with Crippen LogP contribution in [0.15, 0.2) is 24.3 Å². The normalized spacial score (nSPS) is 12.2. The van der Waals surface area contributed by atoms with E-state index in [0.29, 0.717) is 12.5 Å². The zero-order valence-electron chi connectivity index (χ0n) is 9.00. The fourth-order valence-electron chi connectivity index (χ4n) is 1.30. The number of carbonyl (C=O) groups is 1. The van der Waals surface area contributed by atoms with Crippen LogP contribution in [0.2, 0.25) is 0 Å². The molecule has 0 aromatic heterocycles. The van der Waals surface area contributed by atoms with E-state index in [4.69, 9.17) is 16.3 Å². The molecule has 1 aromatic carbocycles. The van der Waals surface area contributed by atoms with Crippen molar-refractivity contribution in [2.24, 2.45) is 0 Å². The van der Waals surface area contributed by atoms with Gasteiger partial charge in [0, 0.05) is 5.88 Å². The van der Waals surface area contributed by atoms with E-state index in [9.17, 15) is 4.79 Å². The Balaban J connectivity index is 2.73. The number of esters is 1. The topological polar surface area (TPSA) is 26.3 Å². The van der Waals surface area contributed by atoms with Gasteiger partial charge in [-0.25, -0.2) is 0 Å². The van der Waals surface area contributed by atoms with E-state index in [-0.39, 0.29) is 11.9 Å². The van der Waals surface area contributed by atoms with Gasteiger partial charge in [0.15, 0.2) is 0 Å². The summed E-state index contributed by atoms with van der Waals surface area (Å²) in [4.78, 5) is 11.4. The van der Waals surface area contributed by atoms with Gasteiger partial charge in [-0.2, -0.15) is 0 Å². The first-order valence-corrected chi connectivity index (χ1v) is 5.54. The van der Waals surface area contributed by atoms with E-state index in [1.54, 1.807) is 6.92 Å². The van der Waals surface area contributed by atoms with Crippen molar-refractivity contribution in [3.63, 3.8) is 0 Å². The Hall–Kier alpha value is -1.02. The van der Waals surface area contributed by atoms with E-state index >= 15 is 0 Å². The summed E-state index contributed by atoms with van der Waals surface area (Å²) in [6, 6.07) is 7.69. The highest BCUT2D eigenvalue weighted by Crippen LogP contribution is 2.18. The quantitative estimate of drug-likeness (QED) is 0.583. The number of carbonyl (C=O) groups excluding carboxylic acids is 1. The van der Waals surface area contributed by atoms with Gasteiger partial charge in [0.25, 0.3) is 0 Å². The third kappa shape index (κ3) is 3.24. The lowest BCUT2D eigenvalue weighted by molar-refractivity contribution is -0.144. The number of benzene rings is 1. The van der Waals surface area contributed by atoms with E-state index in [0.717, 1.165) is 11.1 Å². The average molecular weight is 227 g/mol. The Kier molecular flexibility index (Phi) is 4.63. The SMILES string of the molecule is CCOC(=O)C(C)c1ccc(CCl)cc1. The summed E-state index contributed by atoms with van der Waals surface area (Å²) in [5.41, 5.74) is 2.01. The maximum Gasteiger partial charge on any atom is 0.313 e. The molecule has 0 fully saturated rings. The molecule has 3 heteroatoms. The van der Waals surface area contributed by atoms with E-state index < -0.39 is 0 Å². The van der Waals surface area contributed by atoms with Crippen LogP contribution in [-0.4, -0.2) is 12.6 Å². The van der Waals surface area contributed by atoms with Crippen LogP contribution in [0.5, 0.6) is 0 Å². The lowest BCUT2D eigenvalue weighted by Crippen LogP contribution is -2.12. The molecule has 1 aromatic rings. The van der Waals surface area contributed by atoms with Crippen molar-refractivity contribution in [3.05, 3.63) is 35.4 Å². The van der Waals surface area contributed by atoms with Crippen LogP contribution in [0.3, 0.4) is 0 Å². The molecule has 82 valence electrons. The molecule has 0 amide bonds. The van der Waals surface area contributed by atoms with Crippen LogP contribution < -0.4 is 0 Å². The van der Waals surface area contributed by atoms with Crippen LogP contribution in [0.1, 0.15) is 30.9 Å². The van der Waals surface area contributed by atoms with Gasteiger partial charge >= 0.3 is 5.97 Å². The molecular weight excluding hydrogens is 212 g/mol. The average Bonchev–Trinajstić information content (AvgIpc) is 2.28. The summed E-state index contributed by atoms with van der Waals surface area (Å²) in [6.07, 6.45) is 0. The second kappa shape index (κ2) is 5.76. The lowest BCUT2D eigenvalue weighted by Gasteiger charge is -2.10. The Morgan fingerprint density at radius 1 is 1.40 bits per heavy atom. The number of alkyl halides is 1. The molecule has 0 aliphatic heterocycles. The van der Waals surface area contributed by atoms with Crippen LogP contribution in [0, 0.1) is 0 Å². The number of ether oxygens (including phenoxy) is 1. The Morgan fingerprint density at radius 3 is 2.47 bits per heavy atom. The molecule has 0 heterocycles. The molecule has 1 atom stereocenters. The molecule has 0 radical (unpaired) electrons. The predicted octanol–water partition coefficient (Wildman–Crippen LogP) is 3.09. The van der Waals surface area contributed by atoms with Gasteiger partial charge in [-0.05, 0) is 25.0 Å². The number of hydrogen-bond acceptors (Lipinski definition) is 2.